The molecule has 1 aliphatic rings. The molecule has 0 fully saturated rings. The van der Waals surface area contributed by atoms with E-state index in [9.17, 15) is 18.3 Å². The molecule has 4 rings (SSSR count). The smallest absolute Gasteiger partial charge is 0.224 e. The van der Waals surface area contributed by atoms with Crippen LogP contribution in [0, 0.1) is 11.6 Å². The lowest BCUT2D eigenvalue weighted by Crippen LogP contribution is -2.10. The number of aliphatic hydroxyl groups excluding tert-OH is 1. The summed E-state index contributed by atoms with van der Waals surface area (Å²) in [6.45, 7) is 0. The molecule has 0 heterocycles. The first-order valence-electron chi connectivity index (χ1n) is 10.6. The van der Waals surface area contributed by atoms with Gasteiger partial charge < -0.3 is 19.3 Å². The Hall–Kier alpha value is -3.55. The summed E-state index contributed by atoms with van der Waals surface area (Å²) >= 11 is 0. The van der Waals surface area contributed by atoms with Crippen molar-refractivity contribution in [3.05, 3.63) is 101 Å². The van der Waals surface area contributed by atoms with Gasteiger partial charge in [-0.2, -0.15) is 4.39 Å². The largest absolute Gasteiger partial charge is 0.497 e. The topological polar surface area (TPSA) is 47.9 Å². The van der Waals surface area contributed by atoms with Crippen LogP contribution >= 0.6 is 0 Å². The highest BCUT2D eigenvalue weighted by Crippen LogP contribution is 2.34. The Morgan fingerprint density at radius 1 is 0.853 bits per heavy atom. The third kappa shape index (κ3) is 4.85. The molecule has 2 unspecified atom stereocenters. The minimum atomic E-state index is -1.55. The molecule has 1 N–H and O–H groups in total. The van der Waals surface area contributed by atoms with E-state index in [0.717, 1.165) is 0 Å². The van der Waals surface area contributed by atoms with Crippen LogP contribution in [0.15, 0.2) is 78.6 Å². The molecule has 0 aromatic heterocycles. The summed E-state index contributed by atoms with van der Waals surface area (Å²) < 4.78 is 59.2. The van der Waals surface area contributed by atoms with Crippen molar-refractivity contribution < 1.29 is 32.5 Å². The van der Waals surface area contributed by atoms with Crippen LogP contribution in [-0.4, -0.2) is 25.4 Å². The average Bonchev–Trinajstić information content (AvgIpc) is 2.87. The van der Waals surface area contributed by atoms with Crippen molar-refractivity contribution in [1.82, 2.24) is 0 Å². The molecule has 1 aliphatic carbocycles. The van der Waals surface area contributed by atoms with Gasteiger partial charge in [0.15, 0.2) is 11.6 Å². The van der Waals surface area contributed by atoms with Gasteiger partial charge in [-0.25, -0.2) is 8.78 Å². The van der Waals surface area contributed by atoms with E-state index in [1.807, 2.05) is 0 Å². The van der Waals surface area contributed by atoms with Gasteiger partial charge in [-0.1, -0.05) is 42.5 Å². The zero-order chi connectivity index (χ0) is 24.2. The lowest BCUT2D eigenvalue weighted by molar-refractivity contribution is -0.0224. The van der Waals surface area contributed by atoms with E-state index in [1.165, 1.54) is 44.6 Å². The summed E-state index contributed by atoms with van der Waals surface area (Å²) in [6.07, 6.45) is 1.85. The zero-order valence-electron chi connectivity index (χ0n) is 18.6. The van der Waals surface area contributed by atoms with Crippen LogP contribution in [0.25, 0.3) is 16.7 Å². The SMILES string of the molecule is COc1ccc(-c2ccc(OC(O)c3ccc(C4=CCC(OC)C=C4F)cc3)c(F)c2F)cc1. The molecule has 3 aromatic rings. The molecule has 0 saturated carbocycles. The van der Waals surface area contributed by atoms with Gasteiger partial charge in [0.05, 0.1) is 13.2 Å². The Labute approximate surface area is 195 Å². The lowest BCUT2D eigenvalue weighted by atomic mass is 9.96. The third-order valence-electron chi connectivity index (χ3n) is 5.64. The molecule has 0 bridgehead atoms. The monoisotopic (exact) mass is 468 g/mol. The van der Waals surface area contributed by atoms with Gasteiger partial charge in [-0.15, -0.1) is 0 Å². The first kappa shape index (κ1) is 23.6. The fourth-order valence-corrected chi connectivity index (χ4v) is 3.70. The fraction of sp³-hybridized carbons (Fsp3) is 0.185. The van der Waals surface area contributed by atoms with Gasteiger partial charge >= 0.3 is 0 Å². The number of benzene rings is 3. The Balaban J connectivity index is 1.49. The Kier molecular flexibility index (Phi) is 7.05. The average molecular weight is 468 g/mol. The number of hydrogen-bond donors (Lipinski definition) is 1. The van der Waals surface area contributed by atoms with Gasteiger partial charge in [0.25, 0.3) is 0 Å². The van der Waals surface area contributed by atoms with E-state index >= 15 is 0 Å². The number of ether oxygens (including phenoxy) is 3. The number of halogens is 3. The number of hydrogen-bond acceptors (Lipinski definition) is 4. The van der Waals surface area contributed by atoms with E-state index < -0.39 is 29.5 Å². The van der Waals surface area contributed by atoms with E-state index in [2.05, 4.69) is 0 Å². The van der Waals surface area contributed by atoms with Gasteiger partial charge in [0, 0.05) is 23.8 Å². The van der Waals surface area contributed by atoms with Crippen LogP contribution in [0.3, 0.4) is 0 Å². The Morgan fingerprint density at radius 3 is 2.15 bits per heavy atom. The molecule has 4 nitrogen and oxygen atoms in total. The minimum Gasteiger partial charge on any atom is -0.497 e. The van der Waals surface area contributed by atoms with Crippen molar-refractivity contribution in [3.8, 4) is 22.6 Å². The van der Waals surface area contributed by atoms with Crippen LogP contribution in [0.1, 0.15) is 23.8 Å². The standard InChI is InChI=1S/C27H23F3O4/c1-32-19-9-7-17(8-10-19)22-13-14-24(26(30)25(22)29)34-27(31)18-5-3-16(4-6-18)21-12-11-20(33-2)15-23(21)28/h3-10,12-15,20,27,31H,11H2,1-2H3. The minimum absolute atomic E-state index is 0.0536. The second-order valence-corrected chi connectivity index (χ2v) is 7.70. The highest BCUT2D eigenvalue weighted by Gasteiger charge is 2.20. The normalized spacial score (nSPS) is 16.5. The summed E-state index contributed by atoms with van der Waals surface area (Å²) in [6, 6.07) is 15.5. The quantitative estimate of drug-likeness (QED) is 0.410. The predicted octanol–water partition coefficient (Wildman–Crippen LogP) is 6.37. The Morgan fingerprint density at radius 2 is 1.53 bits per heavy atom. The maximum Gasteiger partial charge on any atom is 0.224 e. The molecule has 0 amide bonds. The molecule has 176 valence electrons. The molecular formula is C27H23F3O4. The van der Waals surface area contributed by atoms with Crippen molar-refractivity contribution in [2.24, 2.45) is 0 Å². The predicted molar refractivity (Wildman–Crippen MR) is 123 cm³/mol. The van der Waals surface area contributed by atoms with Crippen LogP contribution in [0.2, 0.25) is 0 Å². The summed E-state index contributed by atoms with van der Waals surface area (Å²) in [7, 11) is 3.03. The molecule has 34 heavy (non-hydrogen) atoms. The van der Waals surface area contributed by atoms with Crippen molar-refractivity contribution in [2.45, 2.75) is 18.8 Å². The number of aliphatic hydroxyl groups is 1. The summed E-state index contributed by atoms with van der Waals surface area (Å²) in [5, 5.41) is 10.4. The molecule has 3 aromatic carbocycles. The van der Waals surface area contributed by atoms with E-state index in [1.54, 1.807) is 42.5 Å². The van der Waals surface area contributed by atoms with Gasteiger partial charge in [-0.3, -0.25) is 0 Å². The molecular weight excluding hydrogens is 445 g/mol. The van der Waals surface area contributed by atoms with Gasteiger partial charge in [0.2, 0.25) is 12.1 Å². The number of allylic oxidation sites excluding steroid dienone is 2. The maximum absolute atomic E-state index is 14.7. The van der Waals surface area contributed by atoms with Crippen molar-refractivity contribution in [3.63, 3.8) is 0 Å². The molecule has 0 spiro atoms. The first-order chi connectivity index (χ1) is 16.4. The first-order valence-corrected chi connectivity index (χ1v) is 10.6. The summed E-state index contributed by atoms with van der Waals surface area (Å²) in [5.41, 5.74) is 1.86. The van der Waals surface area contributed by atoms with Crippen molar-refractivity contribution >= 4 is 5.57 Å². The maximum atomic E-state index is 14.7. The summed E-state index contributed by atoms with van der Waals surface area (Å²) in [5.74, 6) is -2.53. The van der Waals surface area contributed by atoms with Crippen LogP contribution in [-0.2, 0) is 4.74 Å². The molecule has 0 aliphatic heterocycles. The number of methoxy groups -OCH3 is 2. The van der Waals surface area contributed by atoms with Crippen molar-refractivity contribution in [1.29, 1.82) is 0 Å². The molecule has 7 heteroatoms. The molecule has 2 atom stereocenters. The second-order valence-electron chi connectivity index (χ2n) is 7.70. The highest BCUT2D eigenvalue weighted by atomic mass is 19.2. The lowest BCUT2D eigenvalue weighted by Gasteiger charge is -2.18. The van der Waals surface area contributed by atoms with Crippen molar-refractivity contribution in [2.75, 3.05) is 14.2 Å². The summed E-state index contributed by atoms with van der Waals surface area (Å²) in [4.78, 5) is 0. The van der Waals surface area contributed by atoms with Gasteiger partial charge in [-0.05, 0) is 47.9 Å². The fourth-order valence-electron chi connectivity index (χ4n) is 3.70. The zero-order valence-corrected chi connectivity index (χ0v) is 18.6. The van der Waals surface area contributed by atoms with Crippen LogP contribution in [0.4, 0.5) is 13.2 Å². The van der Waals surface area contributed by atoms with E-state index in [-0.39, 0.29) is 11.7 Å². The van der Waals surface area contributed by atoms with E-state index in [4.69, 9.17) is 14.2 Å². The number of rotatable bonds is 7. The highest BCUT2D eigenvalue weighted by molar-refractivity contribution is 5.78. The van der Waals surface area contributed by atoms with E-state index in [0.29, 0.717) is 34.4 Å². The Bertz CT molecular complexity index is 1220. The molecule has 0 saturated heterocycles. The van der Waals surface area contributed by atoms with Crippen LogP contribution < -0.4 is 9.47 Å². The van der Waals surface area contributed by atoms with Gasteiger partial charge in [0.1, 0.15) is 11.6 Å². The van der Waals surface area contributed by atoms with Crippen LogP contribution in [0.5, 0.6) is 11.5 Å². The third-order valence-corrected chi connectivity index (χ3v) is 5.64. The molecule has 0 radical (unpaired) electrons. The second kappa shape index (κ2) is 10.2.